The van der Waals surface area contributed by atoms with Crippen LogP contribution < -0.4 is 11.3 Å². The standard InChI is InChI=1S/C15H20N4O/c1-2-6-14-17-9-10-19(14)11-13(15(20)18-16)12-7-4-3-5-8-12/h3-5,7-10,13H,2,6,11,16H2,1H3,(H,18,20). The van der Waals surface area contributed by atoms with E-state index >= 15 is 0 Å². The lowest BCUT2D eigenvalue weighted by atomic mass is 9.98. The number of nitrogens with zero attached hydrogens (tertiary/aromatic N) is 2. The fraction of sp³-hybridized carbons (Fsp3) is 0.333. The molecule has 5 nitrogen and oxygen atoms in total. The van der Waals surface area contributed by atoms with Gasteiger partial charge in [-0.25, -0.2) is 10.8 Å². The van der Waals surface area contributed by atoms with Crippen LogP contribution in [0.1, 0.15) is 30.7 Å². The highest BCUT2D eigenvalue weighted by Crippen LogP contribution is 2.19. The van der Waals surface area contributed by atoms with Crippen molar-refractivity contribution in [2.75, 3.05) is 0 Å². The number of aromatic nitrogens is 2. The highest BCUT2D eigenvalue weighted by molar-refractivity contribution is 5.83. The summed E-state index contributed by atoms with van der Waals surface area (Å²) in [6.07, 6.45) is 5.60. The maximum absolute atomic E-state index is 12.0. The van der Waals surface area contributed by atoms with Gasteiger partial charge in [-0.15, -0.1) is 0 Å². The normalized spacial score (nSPS) is 12.1. The summed E-state index contributed by atoms with van der Waals surface area (Å²) >= 11 is 0. The van der Waals surface area contributed by atoms with Gasteiger partial charge in [-0.3, -0.25) is 10.2 Å². The van der Waals surface area contributed by atoms with Crippen molar-refractivity contribution in [3.8, 4) is 0 Å². The lowest BCUT2D eigenvalue weighted by molar-refractivity contribution is -0.122. The largest absolute Gasteiger partial charge is 0.334 e. The number of hydrogen-bond acceptors (Lipinski definition) is 3. The Bertz CT molecular complexity index is 550. The Morgan fingerprint density at radius 1 is 1.40 bits per heavy atom. The third kappa shape index (κ3) is 3.24. The number of hydrazine groups is 1. The summed E-state index contributed by atoms with van der Waals surface area (Å²) in [4.78, 5) is 16.4. The molecule has 20 heavy (non-hydrogen) atoms. The van der Waals surface area contributed by atoms with E-state index in [0.29, 0.717) is 6.54 Å². The Morgan fingerprint density at radius 3 is 2.80 bits per heavy atom. The molecule has 1 heterocycles. The number of rotatable bonds is 6. The molecule has 0 radical (unpaired) electrons. The van der Waals surface area contributed by atoms with Gasteiger partial charge >= 0.3 is 0 Å². The number of hydrogen-bond donors (Lipinski definition) is 2. The molecule has 5 heteroatoms. The first-order valence-corrected chi connectivity index (χ1v) is 6.81. The second-order valence-electron chi connectivity index (χ2n) is 4.72. The zero-order valence-corrected chi connectivity index (χ0v) is 11.6. The molecule has 0 saturated heterocycles. The van der Waals surface area contributed by atoms with Gasteiger partial charge in [0.2, 0.25) is 5.91 Å². The van der Waals surface area contributed by atoms with Crippen LogP contribution in [0.2, 0.25) is 0 Å². The van der Waals surface area contributed by atoms with Crippen LogP contribution in [0.3, 0.4) is 0 Å². The van der Waals surface area contributed by atoms with E-state index in [1.54, 1.807) is 6.20 Å². The molecule has 1 aromatic carbocycles. The number of imidazole rings is 1. The lowest BCUT2D eigenvalue weighted by Crippen LogP contribution is -2.36. The highest BCUT2D eigenvalue weighted by atomic mass is 16.2. The van der Waals surface area contributed by atoms with E-state index in [9.17, 15) is 4.79 Å². The minimum Gasteiger partial charge on any atom is -0.334 e. The number of carbonyl (C=O) groups is 1. The molecule has 0 aliphatic heterocycles. The van der Waals surface area contributed by atoms with E-state index < -0.39 is 0 Å². The summed E-state index contributed by atoms with van der Waals surface area (Å²) in [7, 11) is 0. The third-order valence-corrected chi connectivity index (χ3v) is 3.32. The maximum Gasteiger partial charge on any atom is 0.243 e. The molecule has 1 aromatic heterocycles. The Balaban J connectivity index is 2.24. The van der Waals surface area contributed by atoms with E-state index in [0.717, 1.165) is 24.2 Å². The summed E-state index contributed by atoms with van der Waals surface area (Å²) in [5.74, 6) is 5.81. The minimum absolute atomic E-state index is 0.188. The van der Waals surface area contributed by atoms with E-state index in [2.05, 4.69) is 17.3 Å². The molecule has 0 saturated carbocycles. The highest BCUT2D eigenvalue weighted by Gasteiger charge is 2.21. The number of aryl methyl sites for hydroxylation is 1. The summed E-state index contributed by atoms with van der Waals surface area (Å²) in [6.45, 7) is 2.66. The smallest absolute Gasteiger partial charge is 0.243 e. The molecule has 2 rings (SSSR count). The molecule has 106 valence electrons. The molecule has 3 N–H and O–H groups in total. The second-order valence-corrected chi connectivity index (χ2v) is 4.72. The van der Waals surface area contributed by atoms with E-state index in [-0.39, 0.29) is 11.8 Å². The first-order chi connectivity index (χ1) is 9.76. The maximum atomic E-state index is 12.0. The monoisotopic (exact) mass is 272 g/mol. The van der Waals surface area contributed by atoms with Crippen molar-refractivity contribution in [2.45, 2.75) is 32.2 Å². The van der Waals surface area contributed by atoms with Gasteiger partial charge in [0.1, 0.15) is 5.82 Å². The summed E-state index contributed by atoms with van der Waals surface area (Å²) < 4.78 is 2.02. The van der Waals surface area contributed by atoms with Gasteiger partial charge in [-0.1, -0.05) is 37.3 Å². The number of nitrogens with two attached hydrogens (primary N) is 1. The van der Waals surface area contributed by atoms with E-state index in [4.69, 9.17) is 5.84 Å². The van der Waals surface area contributed by atoms with Crippen LogP contribution in [0, 0.1) is 0 Å². The topological polar surface area (TPSA) is 72.9 Å². The van der Waals surface area contributed by atoms with Gasteiger partial charge in [0.25, 0.3) is 0 Å². The summed E-state index contributed by atoms with van der Waals surface area (Å²) in [6, 6.07) is 9.66. The van der Waals surface area contributed by atoms with Crippen molar-refractivity contribution in [1.29, 1.82) is 0 Å². The SMILES string of the molecule is CCCc1nccn1CC(C(=O)NN)c1ccccc1. The van der Waals surface area contributed by atoms with Crippen LogP contribution in [0.5, 0.6) is 0 Å². The van der Waals surface area contributed by atoms with Gasteiger partial charge in [0.15, 0.2) is 0 Å². The summed E-state index contributed by atoms with van der Waals surface area (Å²) in [5.41, 5.74) is 3.21. The quantitative estimate of drug-likeness (QED) is 0.476. The van der Waals surface area contributed by atoms with Crippen LogP contribution in [0.25, 0.3) is 0 Å². The molecule has 0 fully saturated rings. The molecular formula is C15H20N4O. The Labute approximate surface area is 118 Å². The molecule has 1 atom stereocenters. The van der Waals surface area contributed by atoms with Crippen LogP contribution in [0.15, 0.2) is 42.7 Å². The Morgan fingerprint density at radius 2 is 2.15 bits per heavy atom. The van der Waals surface area contributed by atoms with E-state index in [1.807, 2.05) is 41.1 Å². The molecule has 0 aliphatic rings. The van der Waals surface area contributed by atoms with Crippen LogP contribution in [-0.2, 0) is 17.8 Å². The molecular weight excluding hydrogens is 252 g/mol. The number of nitrogens with one attached hydrogen (secondary N) is 1. The number of carbonyl (C=O) groups excluding carboxylic acids is 1. The van der Waals surface area contributed by atoms with Gasteiger partial charge in [0, 0.05) is 25.4 Å². The second kappa shape index (κ2) is 6.86. The molecule has 0 aliphatic carbocycles. The van der Waals surface area contributed by atoms with Gasteiger partial charge in [0.05, 0.1) is 5.92 Å². The van der Waals surface area contributed by atoms with Crippen molar-refractivity contribution < 1.29 is 4.79 Å². The van der Waals surface area contributed by atoms with Crippen LogP contribution in [-0.4, -0.2) is 15.5 Å². The molecule has 2 aromatic rings. The van der Waals surface area contributed by atoms with Gasteiger partial charge < -0.3 is 4.57 Å². The molecule has 0 bridgehead atoms. The number of benzene rings is 1. The van der Waals surface area contributed by atoms with Gasteiger partial charge in [-0.2, -0.15) is 0 Å². The van der Waals surface area contributed by atoms with Crippen molar-refractivity contribution in [2.24, 2.45) is 5.84 Å². The zero-order valence-electron chi connectivity index (χ0n) is 11.6. The summed E-state index contributed by atoms with van der Waals surface area (Å²) in [5, 5.41) is 0. The van der Waals surface area contributed by atoms with Crippen molar-refractivity contribution >= 4 is 5.91 Å². The number of amides is 1. The van der Waals surface area contributed by atoms with Crippen molar-refractivity contribution in [1.82, 2.24) is 15.0 Å². The van der Waals surface area contributed by atoms with Crippen LogP contribution >= 0.6 is 0 Å². The van der Waals surface area contributed by atoms with Crippen molar-refractivity contribution in [3.05, 3.63) is 54.1 Å². The van der Waals surface area contributed by atoms with Crippen molar-refractivity contribution in [3.63, 3.8) is 0 Å². The average molecular weight is 272 g/mol. The van der Waals surface area contributed by atoms with Gasteiger partial charge in [-0.05, 0) is 12.0 Å². The first kappa shape index (κ1) is 14.3. The third-order valence-electron chi connectivity index (χ3n) is 3.32. The fourth-order valence-electron chi connectivity index (χ4n) is 2.28. The van der Waals surface area contributed by atoms with E-state index in [1.165, 1.54) is 0 Å². The minimum atomic E-state index is -0.314. The molecule has 1 unspecified atom stereocenters. The Hall–Kier alpha value is -2.14. The molecule has 1 amide bonds. The average Bonchev–Trinajstić information content (AvgIpc) is 2.92. The molecule has 0 spiro atoms. The zero-order chi connectivity index (χ0) is 14.4. The predicted molar refractivity (Wildman–Crippen MR) is 77.7 cm³/mol. The Kier molecular flexibility index (Phi) is 4.90. The van der Waals surface area contributed by atoms with Crippen LogP contribution in [0.4, 0.5) is 0 Å². The first-order valence-electron chi connectivity index (χ1n) is 6.81. The lowest BCUT2D eigenvalue weighted by Gasteiger charge is -2.17. The fourth-order valence-corrected chi connectivity index (χ4v) is 2.28. The predicted octanol–water partition coefficient (Wildman–Crippen LogP) is 1.61.